The lowest BCUT2D eigenvalue weighted by atomic mass is 10.1. The average molecular weight is 313 g/mol. The lowest BCUT2D eigenvalue weighted by Gasteiger charge is -2.34. The molecule has 3 N–H and O–H groups in total. The van der Waals surface area contributed by atoms with Crippen molar-refractivity contribution in [1.82, 2.24) is 9.21 Å². The SMILES string of the molecule is Cc1ccc(C)c(S(=O)(=O)N2CCN(CCO)CC2)c1N. The second-order valence-corrected chi connectivity index (χ2v) is 7.29. The first-order chi connectivity index (χ1) is 9.87. The van der Waals surface area contributed by atoms with Gasteiger partial charge in [0.25, 0.3) is 0 Å². The Morgan fingerprint density at radius 1 is 1.14 bits per heavy atom. The molecule has 1 aliphatic heterocycles. The van der Waals surface area contributed by atoms with Crippen LogP contribution in [0.3, 0.4) is 0 Å². The third-order valence-corrected chi connectivity index (χ3v) is 6.06. The molecule has 2 rings (SSSR count). The number of aliphatic hydroxyl groups excluding tert-OH is 1. The van der Waals surface area contributed by atoms with Crippen LogP contribution in [0.5, 0.6) is 0 Å². The highest BCUT2D eigenvalue weighted by Crippen LogP contribution is 2.29. The summed E-state index contributed by atoms with van der Waals surface area (Å²) in [6.45, 7) is 6.37. The molecular weight excluding hydrogens is 290 g/mol. The van der Waals surface area contributed by atoms with E-state index in [0.717, 1.165) is 5.56 Å². The standard InChI is InChI=1S/C14H23N3O3S/c1-11-3-4-12(2)14(13(11)15)21(19,20)17-7-5-16(6-8-17)9-10-18/h3-4,18H,5-10,15H2,1-2H3. The van der Waals surface area contributed by atoms with Crippen molar-refractivity contribution in [3.63, 3.8) is 0 Å². The Balaban J connectivity index is 2.26. The molecular formula is C14H23N3O3S. The van der Waals surface area contributed by atoms with Crippen LogP contribution >= 0.6 is 0 Å². The molecule has 0 atom stereocenters. The summed E-state index contributed by atoms with van der Waals surface area (Å²) in [6, 6.07) is 3.63. The minimum atomic E-state index is -3.57. The maximum Gasteiger partial charge on any atom is 0.245 e. The number of piperazine rings is 1. The van der Waals surface area contributed by atoms with Gasteiger partial charge >= 0.3 is 0 Å². The van der Waals surface area contributed by atoms with E-state index in [1.54, 1.807) is 13.0 Å². The summed E-state index contributed by atoms with van der Waals surface area (Å²) in [6.07, 6.45) is 0. The zero-order valence-electron chi connectivity index (χ0n) is 12.5. The summed E-state index contributed by atoms with van der Waals surface area (Å²) in [5.41, 5.74) is 7.80. The number of hydrogen-bond acceptors (Lipinski definition) is 5. The Bertz CT molecular complexity index is 608. The van der Waals surface area contributed by atoms with Crippen molar-refractivity contribution in [2.24, 2.45) is 0 Å². The number of aryl methyl sites for hydroxylation is 2. The van der Waals surface area contributed by atoms with Crippen molar-refractivity contribution in [3.8, 4) is 0 Å². The Hall–Kier alpha value is -1.15. The Morgan fingerprint density at radius 2 is 1.71 bits per heavy atom. The fourth-order valence-corrected chi connectivity index (χ4v) is 4.43. The van der Waals surface area contributed by atoms with E-state index in [2.05, 4.69) is 4.90 Å². The summed E-state index contributed by atoms with van der Waals surface area (Å²) in [7, 11) is -3.57. The molecule has 21 heavy (non-hydrogen) atoms. The predicted molar refractivity (Wildman–Crippen MR) is 82.6 cm³/mol. The molecule has 0 bridgehead atoms. The second kappa shape index (κ2) is 6.31. The summed E-state index contributed by atoms with van der Waals surface area (Å²) in [5.74, 6) is 0. The van der Waals surface area contributed by atoms with E-state index in [-0.39, 0.29) is 11.5 Å². The molecule has 0 spiro atoms. The molecule has 118 valence electrons. The molecule has 0 unspecified atom stereocenters. The number of anilines is 1. The van der Waals surface area contributed by atoms with Crippen LogP contribution in [0.15, 0.2) is 17.0 Å². The van der Waals surface area contributed by atoms with Gasteiger partial charge in [0.2, 0.25) is 10.0 Å². The third kappa shape index (κ3) is 3.21. The Labute approximate surface area is 126 Å². The molecule has 1 fully saturated rings. The number of β-amino-alcohol motifs (C(OH)–C–C–N with tert-alkyl or cyclic N) is 1. The average Bonchev–Trinajstić information content (AvgIpc) is 2.44. The van der Waals surface area contributed by atoms with E-state index in [1.165, 1.54) is 4.31 Å². The van der Waals surface area contributed by atoms with Crippen LogP contribution in [0.1, 0.15) is 11.1 Å². The molecule has 1 aromatic rings. The zero-order valence-corrected chi connectivity index (χ0v) is 13.4. The molecule has 1 aromatic carbocycles. The summed E-state index contributed by atoms with van der Waals surface area (Å²) < 4.78 is 27.1. The third-order valence-electron chi connectivity index (χ3n) is 3.96. The van der Waals surface area contributed by atoms with Gasteiger partial charge in [0.15, 0.2) is 0 Å². The number of aliphatic hydroxyl groups is 1. The normalized spacial score (nSPS) is 18.0. The van der Waals surface area contributed by atoms with Gasteiger partial charge < -0.3 is 10.8 Å². The maximum absolute atomic E-state index is 12.8. The van der Waals surface area contributed by atoms with Crippen LogP contribution in [0.2, 0.25) is 0 Å². The molecule has 0 aromatic heterocycles. The van der Waals surface area contributed by atoms with Gasteiger partial charge in [0, 0.05) is 32.7 Å². The number of benzene rings is 1. The van der Waals surface area contributed by atoms with Crippen LogP contribution in [0, 0.1) is 13.8 Å². The van der Waals surface area contributed by atoms with Crippen LogP contribution in [-0.4, -0.2) is 62.1 Å². The zero-order chi connectivity index (χ0) is 15.6. The highest BCUT2D eigenvalue weighted by atomic mass is 32.2. The first-order valence-corrected chi connectivity index (χ1v) is 8.51. The largest absolute Gasteiger partial charge is 0.397 e. The van der Waals surface area contributed by atoms with Gasteiger partial charge in [-0.25, -0.2) is 8.42 Å². The van der Waals surface area contributed by atoms with Crippen LogP contribution in [0.4, 0.5) is 5.69 Å². The molecule has 1 aliphatic rings. The van der Waals surface area contributed by atoms with Crippen LogP contribution < -0.4 is 5.73 Å². The van der Waals surface area contributed by atoms with Crippen molar-refractivity contribution in [3.05, 3.63) is 23.3 Å². The topological polar surface area (TPSA) is 86.9 Å². The Morgan fingerprint density at radius 3 is 2.29 bits per heavy atom. The van der Waals surface area contributed by atoms with E-state index in [1.807, 2.05) is 13.0 Å². The number of hydrogen-bond donors (Lipinski definition) is 2. The van der Waals surface area contributed by atoms with Crippen LogP contribution in [-0.2, 0) is 10.0 Å². The number of rotatable bonds is 4. The lowest BCUT2D eigenvalue weighted by Crippen LogP contribution is -2.49. The minimum absolute atomic E-state index is 0.0939. The monoisotopic (exact) mass is 313 g/mol. The molecule has 0 saturated carbocycles. The molecule has 1 saturated heterocycles. The van der Waals surface area contributed by atoms with Gasteiger partial charge in [-0.2, -0.15) is 4.31 Å². The first-order valence-electron chi connectivity index (χ1n) is 7.07. The fraction of sp³-hybridized carbons (Fsp3) is 0.571. The highest BCUT2D eigenvalue weighted by molar-refractivity contribution is 7.89. The maximum atomic E-state index is 12.8. The number of sulfonamides is 1. The van der Waals surface area contributed by atoms with Gasteiger partial charge in [0.1, 0.15) is 4.90 Å². The van der Waals surface area contributed by atoms with Crippen molar-refractivity contribution < 1.29 is 13.5 Å². The lowest BCUT2D eigenvalue weighted by molar-refractivity contribution is 0.151. The molecule has 6 nitrogen and oxygen atoms in total. The van der Waals surface area contributed by atoms with Gasteiger partial charge in [-0.1, -0.05) is 12.1 Å². The van der Waals surface area contributed by atoms with E-state index >= 15 is 0 Å². The highest BCUT2D eigenvalue weighted by Gasteiger charge is 2.31. The number of nitrogens with two attached hydrogens (primary N) is 1. The fourth-order valence-electron chi connectivity index (χ4n) is 2.61. The quantitative estimate of drug-likeness (QED) is 0.775. The van der Waals surface area contributed by atoms with Crippen molar-refractivity contribution in [1.29, 1.82) is 0 Å². The molecule has 0 amide bonds. The van der Waals surface area contributed by atoms with E-state index < -0.39 is 10.0 Å². The molecule has 0 radical (unpaired) electrons. The summed E-state index contributed by atoms with van der Waals surface area (Å²) in [5, 5.41) is 8.94. The molecule has 1 heterocycles. The minimum Gasteiger partial charge on any atom is -0.397 e. The van der Waals surface area contributed by atoms with Gasteiger partial charge in [-0.15, -0.1) is 0 Å². The van der Waals surface area contributed by atoms with Crippen molar-refractivity contribution >= 4 is 15.7 Å². The van der Waals surface area contributed by atoms with E-state index in [0.29, 0.717) is 44.0 Å². The van der Waals surface area contributed by atoms with Crippen molar-refractivity contribution in [2.45, 2.75) is 18.7 Å². The van der Waals surface area contributed by atoms with Crippen molar-refractivity contribution in [2.75, 3.05) is 45.1 Å². The Kier molecular flexibility index (Phi) is 4.88. The second-order valence-electron chi connectivity index (χ2n) is 5.41. The summed E-state index contributed by atoms with van der Waals surface area (Å²) >= 11 is 0. The summed E-state index contributed by atoms with van der Waals surface area (Å²) in [4.78, 5) is 2.29. The molecule has 7 heteroatoms. The van der Waals surface area contributed by atoms with E-state index in [9.17, 15) is 8.42 Å². The predicted octanol–water partition coefficient (Wildman–Crippen LogP) is 0.184. The van der Waals surface area contributed by atoms with Gasteiger partial charge in [0.05, 0.1) is 12.3 Å². The number of nitrogens with zero attached hydrogens (tertiary/aromatic N) is 2. The van der Waals surface area contributed by atoms with Gasteiger partial charge in [-0.3, -0.25) is 4.90 Å². The van der Waals surface area contributed by atoms with Gasteiger partial charge in [-0.05, 0) is 25.0 Å². The number of nitrogen functional groups attached to an aromatic ring is 1. The molecule has 0 aliphatic carbocycles. The first kappa shape index (κ1) is 16.2. The smallest absolute Gasteiger partial charge is 0.245 e. The van der Waals surface area contributed by atoms with E-state index in [4.69, 9.17) is 10.8 Å². The van der Waals surface area contributed by atoms with Crippen LogP contribution in [0.25, 0.3) is 0 Å².